The van der Waals surface area contributed by atoms with Crippen LogP contribution in [0, 0.1) is 0 Å². The molecule has 1 aliphatic heterocycles. The lowest BCUT2D eigenvalue weighted by Gasteiger charge is -2.44. The summed E-state index contributed by atoms with van der Waals surface area (Å²) in [5, 5.41) is 0. The van der Waals surface area contributed by atoms with Crippen LogP contribution in [0.25, 0.3) is 0 Å². The summed E-state index contributed by atoms with van der Waals surface area (Å²) in [5.41, 5.74) is 1.80. The highest BCUT2D eigenvalue weighted by molar-refractivity contribution is 6.04. The Kier molecular flexibility index (Phi) is 13.5. The molecule has 4 rings (SSSR count). The van der Waals surface area contributed by atoms with Crippen molar-refractivity contribution in [2.24, 2.45) is 0 Å². The first kappa shape index (κ1) is 36.3. The number of carbonyl (C=O) groups is 3. The predicted molar refractivity (Wildman–Crippen MR) is 181 cm³/mol. The summed E-state index contributed by atoms with van der Waals surface area (Å²) in [6, 6.07) is 12.7. The van der Waals surface area contributed by atoms with E-state index < -0.39 is 0 Å². The van der Waals surface area contributed by atoms with Crippen LogP contribution in [-0.2, 0) is 20.7 Å². The second kappa shape index (κ2) is 17.5. The smallest absolute Gasteiger partial charge is 0.338 e. The minimum atomic E-state index is -0.381. The standard InChI is InChI=1S/C36H50BN3O7/c1-6-46-36(43)28-10-7-9-26(21-28)22-34(41)38(29-12-13-29)18-17-30-14-15-31(24-39(30)37)40(25(2)3)35(42)27-11-16-32(45-5)33(23-27)47-20-8-19-44-4/h7,9-11,16,21,23,25,29-31H,6,8,12-15,17-20,22,24H2,1-5H3/t30-,31-/m1/s1. The van der Waals surface area contributed by atoms with Gasteiger partial charge in [-0.15, -0.1) is 0 Å². The molecule has 10 nitrogen and oxygen atoms in total. The molecule has 47 heavy (non-hydrogen) atoms. The summed E-state index contributed by atoms with van der Waals surface area (Å²) in [5.74, 6) is 0.716. The van der Waals surface area contributed by atoms with Crippen molar-refractivity contribution in [3.05, 3.63) is 59.2 Å². The number of carbonyl (C=O) groups excluding carboxylic acids is 3. The highest BCUT2D eigenvalue weighted by Crippen LogP contribution is 2.32. The molecule has 0 spiro atoms. The second-order valence-corrected chi connectivity index (χ2v) is 12.7. The molecule has 2 aromatic carbocycles. The highest BCUT2D eigenvalue weighted by Gasteiger charge is 2.36. The lowest BCUT2D eigenvalue weighted by Crippen LogP contribution is -2.55. The van der Waals surface area contributed by atoms with Crippen molar-refractivity contribution in [2.75, 3.05) is 47.1 Å². The van der Waals surface area contributed by atoms with Crippen molar-refractivity contribution in [3.8, 4) is 11.5 Å². The number of piperidine rings is 1. The van der Waals surface area contributed by atoms with Gasteiger partial charge in [-0.1, -0.05) is 12.1 Å². The van der Waals surface area contributed by atoms with Crippen molar-refractivity contribution in [3.63, 3.8) is 0 Å². The van der Waals surface area contributed by atoms with E-state index in [0.717, 1.165) is 44.1 Å². The van der Waals surface area contributed by atoms with Crippen LogP contribution in [0.3, 0.4) is 0 Å². The number of ether oxygens (including phenoxy) is 4. The molecule has 0 aromatic heterocycles. The molecule has 2 aromatic rings. The molecule has 1 saturated heterocycles. The Morgan fingerprint density at radius 3 is 2.38 bits per heavy atom. The molecular formula is C36H50BN3O7. The zero-order chi connectivity index (χ0) is 33.9. The van der Waals surface area contributed by atoms with E-state index in [1.165, 1.54) is 0 Å². The average molecular weight is 648 g/mol. The Labute approximate surface area is 281 Å². The second-order valence-electron chi connectivity index (χ2n) is 12.7. The van der Waals surface area contributed by atoms with E-state index in [9.17, 15) is 14.4 Å². The molecule has 1 heterocycles. The minimum Gasteiger partial charge on any atom is -0.493 e. The van der Waals surface area contributed by atoms with Crippen LogP contribution in [0.15, 0.2) is 42.5 Å². The lowest BCUT2D eigenvalue weighted by atomic mass is 9.91. The van der Waals surface area contributed by atoms with Gasteiger partial charge in [-0.05, 0) is 94.8 Å². The number of rotatable bonds is 17. The fourth-order valence-corrected chi connectivity index (χ4v) is 6.33. The Hall–Kier alpha value is -3.57. The van der Waals surface area contributed by atoms with Crippen LogP contribution in [0.2, 0.25) is 0 Å². The Morgan fingerprint density at radius 2 is 1.72 bits per heavy atom. The van der Waals surface area contributed by atoms with Crippen molar-refractivity contribution >= 4 is 25.8 Å². The van der Waals surface area contributed by atoms with Crippen molar-refractivity contribution in [1.82, 2.24) is 14.6 Å². The van der Waals surface area contributed by atoms with Crippen molar-refractivity contribution in [1.29, 1.82) is 0 Å². The molecule has 254 valence electrons. The number of amides is 2. The zero-order valence-electron chi connectivity index (χ0n) is 28.6. The molecule has 2 atom stereocenters. The maximum atomic E-state index is 13.9. The number of methoxy groups -OCH3 is 2. The molecular weight excluding hydrogens is 597 g/mol. The van der Waals surface area contributed by atoms with Crippen LogP contribution in [0.4, 0.5) is 0 Å². The topological polar surface area (TPSA) is 97.9 Å². The third-order valence-corrected chi connectivity index (χ3v) is 8.87. The summed E-state index contributed by atoms with van der Waals surface area (Å²) in [6.07, 6.45) is 5.36. The van der Waals surface area contributed by atoms with E-state index in [4.69, 9.17) is 26.9 Å². The number of esters is 1. The number of hydrogen-bond acceptors (Lipinski definition) is 8. The number of hydrogen-bond donors (Lipinski definition) is 0. The fourth-order valence-electron chi connectivity index (χ4n) is 6.33. The van der Waals surface area contributed by atoms with Crippen LogP contribution < -0.4 is 9.47 Å². The minimum absolute atomic E-state index is 0.0315. The molecule has 2 amide bonds. The van der Waals surface area contributed by atoms with Gasteiger partial charge in [-0.25, -0.2) is 4.79 Å². The van der Waals surface area contributed by atoms with E-state index >= 15 is 0 Å². The van der Waals surface area contributed by atoms with E-state index in [-0.39, 0.29) is 48.4 Å². The van der Waals surface area contributed by atoms with Gasteiger partial charge in [-0.2, -0.15) is 0 Å². The molecule has 2 aliphatic rings. The van der Waals surface area contributed by atoms with Crippen LogP contribution in [0.1, 0.15) is 85.6 Å². The largest absolute Gasteiger partial charge is 0.493 e. The quantitative estimate of drug-likeness (QED) is 0.139. The van der Waals surface area contributed by atoms with E-state index in [1.807, 2.05) is 34.5 Å². The van der Waals surface area contributed by atoms with Gasteiger partial charge >= 0.3 is 5.97 Å². The van der Waals surface area contributed by atoms with Gasteiger partial charge in [0, 0.05) is 56.9 Å². The SMILES string of the molecule is [B]N1C[C@H](N(C(=O)c2ccc(OC)c(OCCCOC)c2)C(C)C)CC[C@@H]1CCN(C(=O)Cc1cccc(C(=O)OCC)c1)C1CC1. The molecule has 1 aliphatic carbocycles. The third-order valence-electron chi connectivity index (χ3n) is 8.87. The van der Waals surface area contributed by atoms with E-state index in [0.29, 0.717) is 55.5 Å². The van der Waals surface area contributed by atoms with Crippen LogP contribution >= 0.6 is 0 Å². The maximum absolute atomic E-state index is 13.9. The molecule has 2 radical (unpaired) electrons. The molecule has 0 unspecified atom stereocenters. The lowest BCUT2D eigenvalue weighted by molar-refractivity contribution is -0.131. The molecule has 1 saturated carbocycles. The maximum Gasteiger partial charge on any atom is 0.338 e. The summed E-state index contributed by atoms with van der Waals surface area (Å²) in [6.45, 7) is 8.33. The summed E-state index contributed by atoms with van der Waals surface area (Å²) in [4.78, 5) is 45.3. The Bertz CT molecular complexity index is 1350. The normalized spacial score (nSPS) is 18.1. The first-order valence-corrected chi connectivity index (χ1v) is 16.9. The monoisotopic (exact) mass is 647 g/mol. The van der Waals surface area contributed by atoms with Gasteiger partial charge in [0.1, 0.15) is 0 Å². The van der Waals surface area contributed by atoms with Gasteiger partial charge in [0.05, 0.1) is 32.3 Å². The third kappa shape index (κ3) is 9.97. The van der Waals surface area contributed by atoms with Crippen LogP contribution in [0.5, 0.6) is 11.5 Å². The zero-order valence-corrected chi connectivity index (χ0v) is 28.6. The van der Waals surface area contributed by atoms with E-state index in [2.05, 4.69) is 0 Å². The highest BCUT2D eigenvalue weighted by atomic mass is 16.5. The molecule has 0 N–H and O–H groups in total. The van der Waals surface area contributed by atoms with Gasteiger partial charge in [0.2, 0.25) is 5.91 Å². The van der Waals surface area contributed by atoms with Crippen LogP contribution in [-0.4, -0.2) is 112 Å². The molecule has 11 heteroatoms. The molecule has 2 fully saturated rings. The average Bonchev–Trinajstić information content (AvgIpc) is 3.89. The number of nitrogens with zero attached hydrogens (tertiary/aromatic N) is 3. The summed E-state index contributed by atoms with van der Waals surface area (Å²) < 4.78 is 21.6. The first-order chi connectivity index (χ1) is 22.7. The van der Waals surface area contributed by atoms with Gasteiger partial charge in [-0.3, -0.25) is 9.59 Å². The van der Waals surface area contributed by atoms with E-state index in [1.54, 1.807) is 57.5 Å². The predicted octanol–water partition coefficient (Wildman–Crippen LogP) is 4.68. The Balaban J connectivity index is 1.35. The van der Waals surface area contributed by atoms with Crippen molar-refractivity contribution < 1.29 is 33.3 Å². The van der Waals surface area contributed by atoms with Crippen molar-refractivity contribution in [2.45, 2.75) is 89.9 Å². The van der Waals surface area contributed by atoms with Gasteiger partial charge in [0.15, 0.2) is 19.5 Å². The Morgan fingerprint density at radius 1 is 0.957 bits per heavy atom. The molecule has 0 bridgehead atoms. The first-order valence-electron chi connectivity index (χ1n) is 16.9. The van der Waals surface area contributed by atoms with Gasteiger partial charge < -0.3 is 33.6 Å². The van der Waals surface area contributed by atoms with Gasteiger partial charge in [0.25, 0.3) is 5.91 Å². The fraction of sp³-hybridized carbons (Fsp3) is 0.583. The summed E-state index contributed by atoms with van der Waals surface area (Å²) in [7, 11) is 9.87. The summed E-state index contributed by atoms with van der Waals surface area (Å²) >= 11 is 0. The number of benzene rings is 2.